The van der Waals surface area contributed by atoms with Gasteiger partial charge in [-0.05, 0) is 6.42 Å². The number of hydrogen-bond donors (Lipinski definition) is 3. The first-order chi connectivity index (χ1) is 8.93. The first-order valence-corrected chi connectivity index (χ1v) is 7.39. The molecule has 108 valence electrons. The molecule has 0 atom stereocenters. The zero-order valence-electron chi connectivity index (χ0n) is 11.8. The van der Waals surface area contributed by atoms with Crippen molar-refractivity contribution in [1.29, 1.82) is 0 Å². The summed E-state index contributed by atoms with van der Waals surface area (Å²) in [7, 11) is 0. The summed E-state index contributed by atoms with van der Waals surface area (Å²) in [5.74, 6) is 0. The largest absolute Gasteiger partial charge is 0.396 e. The van der Waals surface area contributed by atoms with Gasteiger partial charge in [-0.2, -0.15) is 0 Å². The van der Waals surface area contributed by atoms with Gasteiger partial charge in [-0.3, -0.25) is 0 Å². The molecule has 1 heterocycles. The zero-order chi connectivity index (χ0) is 14.3. The van der Waals surface area contributed by atoms with Crippen molar-refractivity contribution in [3.8, 4) is 0 Å². The van der Waals surface area contributed by atoms with E-state index in [1.165, 1.54) is 0 Å². The van der Waals surface area contributed by atoms with Crippen LogP contribution in [0.2, 0.25) is 0 Å². The number of thiazole rings is 1. The van der Waals surface area contributed by atoms with Gasteiger partial charge < -0.3 is 15.7 Å². The van der Waals surface area contributed by atoms with Crippen LogP contribution in [0.15, 0.2) is 5.38 Å². The number of urea groups is 1. The minimum Gasteiger partial charge on any atom is -0.396 e. The van der Waals surface area contributed by atoms with E-state index in [1.54, 1.807) is 11.3 Å². The molecule has 0 aromatic carbocycles. The second-order valence-electron chi connectivity index (χ2n) is 5.39. The van der Waals surface area contributed by atoms with Crippen LogP contribution in [0.25, 0.3) is 0 Å². The van der Waals surface area contributed by atoms with Gasteiger partial charge in [0.25, 0.3) is 0 Å². The Morgan fingerprint density at radius 3 is 2.63 bits per heavy atom. The maximum atomic E-state index is 11.4. The van der Waals surface area contributed by atoms with Crippen LogP contribution in [0.3, 0.4) is 0 Å². The summed E-state index contributed by atoms with van der Waals surface area (Å²) in [4.78, 5) is 15.9. The molecule has 0 saturated heterocycles. The summed E-state index contributed by atoms with van der Waals surface area (Å²) >= 11 is 1.63. The molecule has 0 aliphatic carbocycles. The number of aliphatic hydroxyl groups excluding tert-OH is 1. The van der Waals surface area contributed by atoms with E-state index >= 15 is 0 Å². The monoisotopic (exact) mass is 285 g/mol. The molecule has 1 rings (SSSR count). The average Bonchev–Trinajstić information content (AvgIpc) is 2.78. The molecule has 3 N–H and O–H groups in total. The van der Waals surface area contributed by atoms with E-state index in [-0.39, 0.29) is 18.1 Å². The standard InChI is InChI=1S/C13H23N3O2S/c1-13(2,3)10-9-19-11(16-10)5-7-15-12(18)14-6-4-8-17/h9,17H,4-8H2,1-3H3,(H2,14,15,18). The van der Waals surface area contributed by atoms with Crippen molar-refractivity contribution in [3.63, 3.8) is 0 Å². The molecule has 0 fully saturated rings. The van der Waals surface area contributed by atoms with E-state index in [0.717, 1.165) is 17.1 Å². The fourth-order valence-corrected chi connectivity index (χ4v) is 2.42. The SMILES string of the molecule is CC(C)(C)c1csc(CCNC(=O)NCCCO)n1. The average molecular weight is 285 g/mol. The van der Waals surface area contributed by atoms with Crippen molar-refractivity contribution in [2.24, 2.45) is 0 Å². The maximum absolute atomic E-state index is 11.4. The fraction of sp³-hybridized carbons (Fsp3) is 0.692. The van der Waals surface area contributed by atoms with E-state index < -0.39 is 0 Å². The highest BCUT2D eigenvalue weighted by molar-refractivity contribution is 7.09. The van der Waals surface area contributed by atoms with Crippen molar-refractivity contribution in [2.75, 3.05) is 19.7 Å². The minimum atomic E-state index is -0.193. The number of amides is 2. The molecule has 0 aliphatic rings. The van der Waals surface area contributed by atoms with Crippen molar-refractivity contribution < 1.29 is 9.90 Å². The van der Waals surface area contributed by atoms with Crippen LogP contribution >= 0.6 is 11.3 Å². The van der Waals surface area contributed by atoms with Gasteiger partial charge in [0.05, 0.1) is 10.7 Å². The van der Waals surface area contributed by atoms with E-state index in [2.05, 4.69) is 41.8 Å². The summed E-state index contributed by atoms with van der Waals surface area (Å²) in [6.45, 7) is 7.57. The summed E-state index contributed by atoms with van der Waals surface area (Å²) in [6, 6.07) is -0.193. The Bertz CT molecular complexity index is 399. The number of nitrogens with one attached hydrogen (secondary N) is 2. The number of rotatable bonds is 6. The van der Waals surface area contributed by atoms with Crippen LogP contribution in [0.1, 0.15) is 37.9 Å². The van der Waals surface area contributed by atoms with Crippen LogP contribution in [0.5, 0.6) is 0 Å². The highest BCUT2D eigenvalue weighted by Gasteiger charge is 2.17. The molecule has 6 heteroatoms. The van der Waals surface area contributed by atoms with Crippen molar-refractivity contribution >= 4 is 17.4 Å². The van der Waals surface area contributed by atoms with Crippen LogP contribution in [0, 0.1) is 0 Å². The molecule has 2 amide bonds. The molecule has 5 nitrogen and oxygen atoms in total. The number of carbonyl (C=O) groups excluding carboxylic acids is 1. The molecule has 0 spiro atoms. The van der Waals surface area contributed by atoms with E-state index in [1.807, 2.05) is 0 Å². The molecule has 0 radical (unpaired) electrons. The quantitative estimate of drug-likeness (QED) is 0.696. The number of aromatic nitrogens is 1. The highest BCUT2D eigenvalue weighted by atomic mass is 32.1. The summed E-state index contributed by atoms with van der Waals surface area (Å²) in [6.07, 6.45) is 1.32. The lowest BCUT2D eigenvalue weighted by Crippen LogP contribution is -2.37. The Hall–Kier alpha value is -1.14. The summed E-state index contributed by atoms with van der Waals surface area (Å²) in [5.41, 5.74) is 1.17. The molecule has 0 bridgehead atoms. The van der Waals surface area contributed by atoms with Crippen LogP contribution in [-0.4, -0.2) is 35.8 Å². The Morgan fingerprint density at radius 2 is 2.05 bits per heavy atom. The second kappa shape index (κ2) is 7.45. The first kappa shape index (κ1) is 15.9. The predicted molar refractivity (Wildman–Crippen MR) is 77.6 cm³/mol. The number of nitrogens with zero attached hydrogens (tertiary/aromatic N) is 1. The lowest BCUT2D eigenvalue weighted by atomic mass is 9.93. The number of aliphatic hydroxyl groups is 1. The normalized spacial score (nSPS) is 11.4. The maximum Gasteiger partial charge on any atom is 0.314 e. The molecule has 0 aliphatic heterocycles. The lowest BCUT2D eigenvalue weighted by Gasteiger charge is -2.14. The van der Waals surface area contributed by atoms with Gasteiger partial charge in [-0.1, -0.05) is 20.8 Å². The van der Waals surface area contributed by atoms with Crippen LogP contribution < -0.4 is 10.6 Å². The molecule has 1 aromatic heterocycles. The number of carbonyl (C=O) groups is 1. The van der Waals surface area contributed by atoms with E-state index in [4.69, 9.17) is 5.11 Å². The predicted octanol–water partition coefficient (Wildman–Crippen LogP) is 1.66. The Labute approximate surface area is 118 Å². The van der Waals surface area contributed by atoms with Gasteiger partial charge in [0, 0.05) is 36.9 Å². The summed E-state index contributed by atoms with van der Waals surface area (Å²) in [5, 5.41) is 17.2. The molecule has 1 aromatic rings. The topological polar surface area (TPSA) is 74.2 Å². The van der Waals surface area contributed by atoms with Crippen molar-refractivity contribution in [2.45, 2.75) is 39.0 Å². The first-order valence-electron chi connectivity index (χ1n) is 6.51. The molecular weight excluding hydrogens is 262 g/mol. The van der Waals surface area contributed by atoms with E-state index in [0.29, 0.717) is 19.5 Å². The molecule has 0 unspecified atom stereocenters. The van der Waals surface area contributed by atoms with Crippen LogP contribution in [0.4, 0.5) is 4.79 Å². The zero-order valence-corrected chi connectivity index (χ0v) is 12.6. The second-order valence-corrected chi connectivity index (χ2v) is 6.33. The molecule has 19 heavy (non-hydrogen) atoms. The Balaban J connectivity index is 2.26. The van der Waals surface area contributed by atoms with E-state index in [9.17, 15) is 4.79 Å². The molecular formula is C13H23N3O2S. The van der Waals surface area contributed by atoms with Gasteiger partial charge in [0.1, 0.15) is 0 Å². The third kappa shape index (κ3) is 6.02. The lowest BCUT2D eigenvalue weighted by molar-refractivity contribution is 0.238. The Morgan fingerprint density at radius 1 is 1.37 bits per heavy atom. The minimum absolute atomic E-state index is 0.0733. The van der Waals surface area contributed by atoms with Gasteiger partial charge in [-0.15, -0.1) is 11.3 Å². The van der Waals surface area contributed by atoms with Gasteiger partial charge in [0.2, 0.25) is 0 Å². The molecule has 0 saturated carbocycles. The third-order valence-electron chi connectivity index (χ3n) is 2.57. The van der Waals surface area contributed by atoms with Gasteiger partial charge in [0.15, 0.2) is 0 Å². The van der Waals surface area contributed by atoms with Crippen molar-refractivity contribution in [1.82, 2.24) is 15.6 Å². The third-order valence-corrected chi connectivity index (χ3v) is 3.47. The van der Waals surface area contributed by atoms with Crippen molar-refractivity contribution in [3.05, 3.63) is 16.1 Å². The highest BCUT2D eigenvalue weighted by Crippen LogP contribution is 2.23. The van der Waals surface area contributed by atoms with Crippen LogP contribution in [-0.2, 0) is 11.8 Å². The smallest absolute Gasteiger partial charge is 0.314 e. The number of hydrogen-bond acceptors (Lipinski definition) is 4. The van der Waals surface area contributed by atoms with Gasteiger partial charge in [-0.25, -0.2) is 9.78 Å². The van der Waals surface area contributed by atoms with Gasteiger partial charge >= 0.3 is 6.03 Å². The fourth-order valence-electron chi connectivity index (χ4n) is 1.40. The Kier molecular flexibility index (Phi) is 6.24. The summed E-state index contributed by atoms with van der Waals surface area (Å²) < 4.78 is 0.